The number of hydrogen-bond acceptors (Lipinski definition) is 0. The summed E-state index contributed by atoms with van der Waals surface area (Å²) in [6.45, 7) is 9.60. The summed E-state index contributed by atoms with van der Waals surface area (Å²) in [5.41, 5.74) is 27.7. The number of fused-ring (bicyclic) bond motifs is 12. The molecule has 11 aromatic carbocycles. The average molecular weight is 971 g/mol. The van der Waals surface area contributed by atoms with Gasteiger partial charge in [-0.15, -0.1) is 0 Å². The van der Waals surface area contributed by atoms with Crippen LogP contribution in [0.25, 0.3) is 123 Å². The molecule has 0 unspecified atom stereocenters. The van der Waals surface area contributed by atoms with Gasteiger partial charge in [0.15, 0.2) is 0 Å². The third kappa shape index (κ3) is 6.73. The second kappa shape index (κ2) is 16.6. The van der Waals surface area contributed by atoms with Crippen molar-refractivity contribution in [2.75, 3.05) is 0 Å². The van der Waals surface area contributed by atoms with Crippen LogP contribution in [0.4, 0.5) is 0 Å². The molecule has 76 heavy (non-hydrogen) atoms. The summed E-state index contributed by atoms with van der Waals surface area (Å²) in [5, 5.41) is 5.07. The van der Waals surface area contributed by atoms with Crippen molar-refractivity contribution in [3.05, 3.63) is 276 Å². The van der Waals surface area contributed by atoms with Gasteiger partial charge in [-0.25, -0.2) is 0 Å². The van der Waals surface area contributed by atoms with Gasteiger partial charge in [-0.05, 0) is 174 Å². The highest BCUT2D eigenvalue weighted by atomic mass is 15.0. The Balaban J connectivity index is 0.688. The Kier molecular flexibility index (Phi) is 9.69. The number of benzene rings is 11. The monoisotopic (exact) mass is 970 g/mol. The summed E-state index contributed by atoms with van der Waals surface area (Å²) < 4.78 is 4.76. The standard InChI is InChI=1S/C74H54N2/c1-73(2)65-43-51(49-28-25-47(26-29-49)23-24-48-27-39-71-63(41-48)61-19-11-13-21-69(61)75(71)55-15-7-5-8-16-55)30-35-57(65)59-37-32-53(45-67(59)73)54-33-38-60-58-36-31-52(44-66(58)74(3,4)68(60)46-54)50-34-40-72-64(42-50)62-20-12-14-22-70(62)76(72)56-17-9-6-10-18-56/h5-46H,1-4H3/b24-23+. The fourth-order valence-electron chi connectivity index (χ4n) is 13.1. The van der Waals surface area contributed by atoms with Gasteiger partial charge < -0.3 is 9.13 Å². The average Bonchev–Trinajstić information content (AvgIpc) is 4.25. The lowest BCUT2D eigenvalue weighted by Gasteiger charge is -2.24. The van der Waals surface area contributed by atoms with Gasteiger partial charge in [-0.1, -0.05) is 198 Å². The van der Waals surface area contributed by atoms with Crippen LogP contribution in [0, 0.1) is 0 Å². The summed E-state index contributed by atoms with van der Waals surface area (Å²) in [7, 11) is 0. The minimum atomic E-state index is -0.164. The molecule has 0 spiro atoms. The first-order valence-electron chi connectivity index (χ1n) is 26.7. The Morgan fingerprint density at radius 3 is 1.07 bits per heavy atom. The molecule has 15 rings (SSSR count). The third-order valence-electron chi connectivity index (χ3n) is 17.1. The molecule has 0 amide bonds. The molecule has 2 aliphatic rings. The van der Waals surface area contributed by atoms with Crippen molar-refractivity contribution in [2.45, 2.75) is 38.5 Å². The highest BCUT2D eigenvalue weighted by molar-refractivity contribution is 6.11. The lowest BCUT2D eigenvalue weighted by Crippen LogP contribution is -2.15. The zero-order valence-corrected chi connectivity index (χ0v) is 43.1. The van der Waals surface area contributed by atoms with E-state index < -0.39 is 0 Å². The van der Waals surface area contributed by atoms with Gasteiger partial charge in [0.2, 0.25) is 0 Å². The van der Waals surface area contributed by atoms with Gasteiger partial charge in [-0.3, -0.25) is 0 Å². The summed E-state index contributed by atoms with van der Waals surface area (Å²) in [6.07, 6.45) is 4.46. The number of nitrogens with zero attached hydrogens (tertiary/aromatic N) is 2. The molecule has 0 fully saturated rings. The first-order chi connectivity index (χ1) is 37.2. The summed E-state index contributed by atoms with van der Waals surface area (Å²) in [5.74, 6) is 0. The Hall–Kier alpha value is -9.24. The predicted octanol–water partition coefficient (Wildman–Crippen LogP) is 19.7. The maximum atomic E-state index is 2.47. The Morgan fingerprint density at radius 1 is 0.263 bits per heavy atom. The molecule has 0 radical (unpaired) electrons. The quantitative estimate of drug-likeness (QED) is 0.141. The molecular weight excluding hydrogens is 917 g/mol. The topological polar surface area (TPSA) is 9.86 Å². The van der Waals surface area contributed by atoms with Gasteiger partial charge in [0.1, 0.15) is 0 Å². The third-order valence-corrected chi connectivity index (χ3v) is 17.1. The summed E-state index contributed by atoms with van der Waals surface area (Å²) in [6, 6.07) is 90.3. The van der Waals surface area contributed by atoms with Crippen LogP contribution in [-0.2, 0) is 10.8 Å². The largest absolute Gasteiger partial charge is 0.309 e. The van der Waals surface area contributed by atoms with Crippen LogP contribution in [0.1, 0.15) is 61.1 Å². The Labute approximate surface area is 444 Å². The minimum absolute atomic E-state index is 0.157. The van der Waals surface area contributed by atoms with E-state index in [1.54, 1.807) is 0 Å². The highest BCUT2D eigenvalue weighted by Crippen LogP contribution is 2.53. The van der Waals surface area contributed by atoms with E-state index >= 15 is 0 Å². The molecule has 0 saturated heterocycles. The molecule has 0 bridgehead atoms. The molecule has 2 aromatic heterocycles. The van der Waals surface area contributed by atoms with Crippen LogP contribution in [-0.4, -0.2) is 9.13 Å². The fourth-order valence-corrected chi connectivity index (χ4v) is 13.1. The predicted molar refractivity (Wildman–Crippen MR) is 322 cm³/mol. The van der Waals surface area contributed by atoms with E-state index in [2.05, 4.69) is 292 Å². The van der Waals surface area contributed by atoms with Crippen LogP contribution >= 0.6 is 0 Å². The van der Waals surface area contributed by atoms with Gasteiger partial charge in [-0.2, -0.15) is 0 Å². The molecule has 13 aromatic rings. The van der Waals surface area contributed by atoms with Crippen molar-refractivity contribution in [1.29, 1.82) is 0 Å². The summed E-state index contributed by atoms with van der Waals surface area (Å²) in [4.78, 5) is 0. The molecule has 0 aliphatic heterocycles. The van der Waals surface area contributed by atoms with Gasteiger partial charge in [0.05, 0.1) is 22.1 Å². The first-order valence-corrected chi connectivity index (χ1v) is 26.7. The highest BCUT2D eigenvalue weighted by Gasteiger charge is 2.38. The molecule has 360 valence electrons. The van der Waals surface area contributed by atoms with Crippen molar-refractivity contribution in [3.63, 3.8) is 0 Å². The van der Waals surface area contributed by atoms with Crippen molar-refractivity contribution < 1.29 is 0 Å². The van der Waals surface area contributed by atoms with Gasteiger partial charge in [0, 0.05) is 43.7 Å². The lowest BCUT2D eigenvalue weighted by molar-refractivity contribution is 0.660. The van der Waals surface area contributed by atoms with Crippen molar-refractivity contribution in [3.8, 4) is 67.0 Å². The second-order valence-corrected chi connectivity index (χ2v) is 22.1. The van der Waals surface area contributed by atoms with Crippen molar-refractivity contribution in [2.24, 2.45) is 0 Å². The molecule has 2 nitrogen and oxygen atoms in total. The number of hydrogen-bond donors (Lipinski definition) is 0. The van der Waals surface area contributed by atoms with Gasteiger partial charge in [0.25, 0.3) is 0 Å². The number of aromatic nitrogens is 2. The van der Waals surface area contributed by atoms with E-state index in [1.165, 1.54) is 144 Å². The molecule has 0 saturated carbocycles. The van der Waals surface area contributed by atoms with Crippen LogP contribution in [0.15, 0.2) is 243 Å². The van der Waals surface area contributed by atoms with Crippen molar-refractivity contribution in [1.82, 2.24) is 9.13 Å². The molecular formula is C74H54N2. The lowest BCUT2D eigenvalue weighted by atomic mass is 9.79. The van der Waals surface area contributed by atoms with Crippen molar-refractivity contribution >= 4 is 55.8 Å². The van der Waals surface area contributed by atoms with Crippen LogP contribution in [0.2, 0.25) is 0 Å². The van der Waals surface area contributed by atoms with E-state index in [0.717, 1.165) is 0 Å². The van der Waals surface area contributed by atoms with Crippen LogP contribution < -0.4 is 0 Å². The molecule has 0 N–H and O–H groups in total. The van der Waals surface area contributed by atoms with E-state index in [1.807, 2.05) is 0 Å². The zero-order valence-electron chi connectivity index (χ0n) is 43.1. The number of para-hydroxylation sites is 4. The fraction of sp³-hybridized carbons (Fsp3) is 0.0811. The zero-order chi connectivity index (χ0) is 50.9. The Morgan fingerprint density at radius 2 is 0.592 bits per heavy atom. The number of rotatable bonds is 7. The Bertz CT molecular complexity index is 4540. The SMILES string of the molecule is CC1(C)c2cc(-c3ccc(/C=C/c4ccc5c(c4)c4ccccc4n5-c4ccccc4)cc3)ccc2-c2ccc(-c3ccc4c(c3)C(C)(C)c3cc(-c5ccc6c(c5)c5ccccc5n6-c5ccccc5)ccc3-4)cc21. The maximum Gasteiger partial charge on any atom is 0.0541 e. The molecule has 2 heteroatoms. The molecule has 0 atom stereocenters. The summed E-state index contributed by atoms with van der Waals surface area (Å²) >= 11 is 0. The van der Waals surface area contributed by atoms with E-state index in [-0.39, 0.29) is 10.8 Å². The maximum absolute atomic E-state index is 2.47. The normalized spacial score (nSPS) is 13.9. The smallest absolute Gasteiger partial charge is 0.0541 e. The van der Waals surface area contributed by atoms with Crippen LogP contribution in [0.3, 0.4) is 0 Å². The van der Waals surface area contributed by atoms with Crippen LogP contribution in [0.5, 0.6) is 0 Å². The first kappa shape index (κ1) is 44.3. The van der Waals surface area contributed by atoms with E-state index in [9.17, 15) is 0 Å². The minimum Gasteiger partial charge on any atom is -0.309 e. The van der Waals surface area contributed by atoms with E-state index in [0.29, 0.717) is 0 Å². The van der Waals surface area contributed by atoms with Gasteiger partial charge >= 0.3 is 0 Å². The molecule has 2 aliphatic carbocycles. The molecule has 2 heterocycles. The van der Waals surface area contributed by atoms with E-state index in [4.69, 9.17) is 0 Å². The second-order valence-electron chi connectivity index (χ2n) is 22.1.